The summed E-state index contributed by atoms with van der Waals surface area (Å²) in [7, 11) is 0. The molecule has 20 heavy (non-hydrogen) atoms. The second-order valence-corrected chi connectivity index (χ2v) is 5.77. The number of urea groups is 1. The van der Waals surface area contributed by atoms with Crippen molar-refractivity contribution >= 4 is 23.2 Å². The average molecular weight is 290 g/mol. The predicted molar refractivity (Wildman–Crippen MR) is 81.5 cm³/mol. The van der Waals surface area contributed by atoms with E-state index in [1.165, 1.54) is 5.56 Å². The summed E-state index contributed by atoms with van der Waals surface area (Å²) < 4.78 is 0. The van der Waals surface area contributed by atoms with E-state index in [1.54, 1.807) is 0 Å². The molecule has 2 saturated heterocycles. The fourth-order valence-corrected chi connectivity index (χ4v) is 2.98. The molecule has 2 aliphatic heterocycles. The van der Waals surface area contributed by atoms with Crippen LogP contribution in [0.15, 0.2) is 24.3 Å². The van der Waals surface area contributed by atoms with Crippen molar-refractivity contribution in [2.24, 2.45) is 5.73 Å². The van der Waals surface area contributed by atoms with Crippen LogP contribution >= 0.6 is 12.2 Å². The molecule has 0 aromatic heterocycles. The highest BCUT2D eigenvalue weighted by molar-refractivity contribution is 7.80. The van der Waals surface area contributed by atoms with Gasteiger partial charge in [-0.25, -0.2) is 4.79 Å². The van der Waals surface area contributed by atoms with Gasteiger partial charge in [0.25, 0.3) is 0 Å². The molecule has 2 fully saturated rings. The summed E-state index contributed by atoms with van der Waals surface area (Å²) in [4.78, 5) is 16.3. The number of nitrogens with zero attached hydrogens (tertiary/aromatic N) is 2. The lowest BCUT2D eigenvalue weighted by Gasteiger charge is -2.36. The molecular weight excluding hydrogens is 272 g/mol. The molecule has 1 atom stereocenters. The van der Waals surface area contributed by atoms with Gasteiger partial charge < -0.3 is 16.0 Å². The van der Waals surface area contributed by atoms with Gasteiger partial charge >= 0.3 is 6.03 Å². The Labute approximate surface area is 123 Å². The van der Waals surface area contributed by atoms with Crippen LogP contribution in [0.1, 0.15) is 11.1 Å². The Hall–Kier alpha value is -1.66. The molecule has 2 aliphatic rings. The number of rotatable bonds is 3. The van der Waals surface area contributed by atoms with Gasteiger partial charge in [-0.3, -0.25) is 4.90 Å². The summed E-state index contributed by atoms with van der Waals surface area (Å²) in [5.74, 6) is 0. The number of nitrogens with one attached hydrogen (secondary N) is 1. The summed E-state index contributed by atoms with van der Waals surface area (Å²) in [6.45, 7) is 4.31. The lowest BCUT2D eigenvalue weighted by Crippen LogP contribution is -2.51. The Balaban J connectivity index is 1.61. The first-order chi connectivity index (χ1) is 9.63. The molecule has 1 aromatic carbocycles. The van der Waals surface area contributed by atoms with Gasteiger partial charge in [-0.05, 0) is 5.56 Å². The zero-order valence-electron chi connectivity index (χ0n) is 11.2. The van der Waals surface area contributed by atoms with Gasteiger partial charge in [-0.1, -0.05) is 36.5 Å². The van der Waals surface area contributed by atoms with Gasteiger partial charge in [0.05, 0.1) is 6.04 Å². The SMILES string of the molecule is NC(=S)c1ccc(CN2CCN3C(=O)NCC3C2)cc1. The maximum absolute atomic E-state index is 11.5. The number of carbonyl (C=O) groups is 1. The van der Waals surface area contributed by atoms with Crippen molar-refractivity contribution in [2.45, 2.75) is 12.6 Å². The monoisotopic (exact) mass is 290 g/mol. The molecular formula is C14H18N4OS. The van der Waals surface area contributed by atoms with Crippen LogP contribution in [0.3, 0.4) is 0 Å². The number of hydrogen-bond donors (Lipinski definition) is 2. The van der Waals surface area contributed by atoms with Gasteiger partial charge in [0.2, 0.25) is 0 Å². The Bertz CT molecular complexity index is 530. The molecule has 0 spiro atoms. The molecule has 1 unspecified atom stereocenters. The van der Waals surface area contributed by atoms with E-state index < -0.39 is 0 Å². The maximum atomic E-state index is 11.5. The smallest absolute Gasteiger partial charge is 0.317 e. The molecule has 3 N–H and O–H groups in total. The third-order valence-corrected chi connectivity index (χ3v) is 4.20. The molecule has 0 bridgehead atoms. The second-order valence-electron chi connectivity index (χ2n) is 5.33. The third-order valence-electron chi connectivity index (χ3n) is 3.96. The maximum Gasteiger partial charge on any atom is 0.317 e. The van der Waals surface area contributed by atoms with E-state index in [9.17, 15) is 4.79 Å². The molecule has 5 nitrogen and oxygen atoms in total. The minimum atomic E-state index is 0.0791. The molecule has 3 rings (SSSR count). The van der Waals surface area contributed by atoms with E-state index in [0.29, 0.717) is 11.0 Å². The molecule has 0 radical (unpaired) electrons. The standard InChI is InChI=1S/C14H18N4OS/c15-13(20)11-3-1-10(2-4-11)8-17-5-6-18-12(9-17)7-16-14(18)19/h1-4,12H,5-9H2,(H2,15,20)(H,16,19). The molecule has 1 aromatic rings. The van der Waals surface area contributed by atoms with Crippen molar-refractivity contribution in [3.05, 3.63) is 35.4 Å². The summed E-state index contributed by atoms with van der Waals surface area (Å²) in [5.41, 5.74) is 7.74. The van der Waals surface area contributed by atoms with E-state index in [4.69, 9.17) is 18.0 Å². The number of nitrogens with two attached hydrogens (primary N) is 1. The van der Waals surface area contributed by atoms with Crippen molar-refractivity contribution in [1.29, 1.82) is 0 Å². The molecule has 6 heteroatoms. The van der Waals surface area contributed by atoms with Gasteiger partial charge in [0.15, 0.2) is 0 Å². The van der Waals surface area contributed by atoms with Crippen molar-refractivity contribution in [3.63, 3.8) is 0 Å². The van der Waals surface area contributed by atoms with E-state index in [2.05, 4.69) is 22.3 Å². The van der Waals surface area contributed by atoms with E-state index in [1.807, 2.05) is 17.0 Å². The number of benzene rings is 1. The van der Waals surface area contributed by atoms with Crippen molar-refractivity contribution < 1.29 is 4.79 Å². The Morgan fingerprint density at radius 3 is 2.80 bits per heavy atom. The molecule has 0 aliphatic carbocycles. The molecule has 2 amide bonds. The molecule has 2 heterocycles. The Morgan fingerprint density at radius 2 is 2.10 bits per heavy atom. The summed E-state index contributed by atoms with van der Waals surface area (Å²) >= 11 is 4.95. The van der Waals surface area contributed by atoms with Crippen LogP contribution in [0.5, 0.6) is 0 Å². The normalized spacial score (nSPS) is 22.5. The van der Waals surface area contributed by atoms with Gasteiger partial charge in [0, 0.05) is 38.3 Å². The highest BCUT2D eigenvalue weighted by atomic mass is 32.1. The van der Waals surface area contributed by atoms with Crippen LogP contribution < -0.4 is 11.1 Å². The predicted octanol–water partition coefficient (Wildman–Crippen LogP) is 0.530. The lowest BCUT2D eigenvalue weighted by atomic mass is 10.1. The van der Waals surface area contributed by atoms with E-state index in [-0.39, 0.29) is 6.03 Å². The number of hydrogen-bond acceptors (Lipinski definition) is 3. The highest BCUT2D eigenvalue weighted by Gasteiger charge is 2.35. The first-order valence-corrected chi connectivity index (χ1v) is 7.20. The summed E-state index contributed by atoms with van der Waals surface area (Å²) in [6, 6.07) is 8.46. The van der Waals surface area contributed by atoms with Crippen LogP contribution in [0.2, 0.25) is 0 Å². The van der Waals surface area contributed by atoms with Crippen molar-refractivity contribution in [2.75, 3.05) is 26.2 Å². The zero-order chi connectivity index (χ0) is 14.1. The largest absolute Gasteiger partial charge is 0.389 e. The second kappa shape index (κ2) is 5.38. The first-order valence-electron chi connectivity index (χ1n) is 6.79. The minimum Gasteiger partial charge on any atom is -0.389 e. The minimum absolute atomic E-state index is 0.0791. The number of carbonyl (C=O) groups excluding carboxylic acids is 1. The topological polar surface area (TPSA) is 61.6 Å². The van der Waals surface area contributed by atoms with E-state index in [0.717, 1.165) is 38.3 Å². The van der Waals surface area contributed by atoms with Crippen molar-refractivity contribution in [1.82, 2.24) is 15.1 Å². The summed E-state index contributed by atoms with van der Waals surface area (Å²) in [6.07, 6.45) is 0. The fraction of sp³-hybridized carbons (Fsp3) is 0.429. The number of piperazine rings is 1. The number of amides is 2. The quantitative estimate of drug-likeness (QED) is 0.797. The van der Waals surface area contributed by atoms with E-state index >= 15 is 0 Å². The van der Waals surface area contributed by atoms with Crippen LogP contribution in [0, 0.1) is 0 Å². The summed E-state index contributed by atoms with van der Waals surface area (Å²) in [5, 5.41) is 2.90. The molecule has 0 saturated carbocycles. The average Bonchev–Trinajstić information content (AvgIpc) is 2.81. The number of fused-ring (bicyclic) bond motifs is 1. The molecule has 106 valence electrons. The van der Waals surface area contributed by atoms with Crippen LogP contribution in [-0.2, 0) is 6.54 Å². The third kappa shape index (κ3) is 2.62. The Morgan fingerprint density at radius 1 is 1.35 bits per heavy atom. The zero-order valence-corrected chi connectivity index (χ0v) is 12.0. The fourth-order valence-electron chi connectivity index (χ4n) is 2.84. The first kappa shape index (κ1) is 13.3. The van der Waals surface area contributed by atoms with Crippen molar-refractivity contribution in [3.8, 4) is 0 Å². The highest BCUT2D eigenvalue weighted by Crippen LogP contribution is 2.16. The van der Waals surface area contributed by atoms with Crippen LogP contribution in [0.4, 0.5) is 4.79 Å². The van der Waals surface area contributed by atoms with Crippen LogP contribution in [-0.4, -0.2) is 53.0 Å². The Kier molecular flexibility index (Phi) is 3.58. The number of thiocarbonyl (C=S) groups is 1. The van der Waals surface area contributed by atoms with Gasteiger partial charge in [-0.15, -0.1) is 0 Å². The van der Waals surface area contributed by atoms with Gasteiger partial charge in [0.1, 0.15) is 4.99 Å². The van der Waals surface area contributed by atoms with Crippen LogP contribution in [0.25, 0.3) is 0 Å². The lowest BCUT2D eigenvalue weighted by molar-refractivity contribution is 0.116. The van der Waals surface area contributed by atoms with Gasteiger partial charge in [-0.2, -0.15) is 0 Å².